The molecular formula is C8H17NOS. The molecule has 1 fully saturated rings. The molecule has 0 aromatic heterocycles. The maximum absolute atomic E-state index is 11.1. The smallest absolute Gasteiger partial charge is 0.115 e. The van der Waals surface area contributed by atoms with Gasteiger partial charge in [-0.25, -0.2) is 0 Å². The van der Waals surface area contributed by atoms with Gasteiger partial charge in [0.05, 0.1) is 0 Å². The van der Waals surface area contributed by atoms with Gasteiger partial charge in [-0.15, -0.1) is 4.31 Å². The SMILES string of the molecule is CC1CCN([S+](C)[O-])CC1C. The molecule has 0 saturated carbocycles. The maximum atomic E-state index is 11.1. The number of nitrogens with zero attached hydrogens (tertiary/aromatic N) is 1. The van der Waals surface area contributed by atoms with Crippen molar-refractivity contribution < 1.29 is 4.55 Å². The molecule has 1 heterocycles. The Balaban J connectivity index is 2.40. The Morgan fingerprint density at radius 2 is 2.00 bits per heavy atom. The lowest BCUT2D eigenvalue weighted by Crippen LogP contribution is -2.41. The van der Waals surface area contributed by atoms with E-state index in [1.54, 1.807) is 6.26 Å². The highest BCUT2D eigenvalue weighted by molar-refractivity contribution is 7.88. The van der Waals surface area contributed by atoms with E-state index in [1.807, 2.05) is 0 Å². The summed E-state index contributed by atoms with van der Waals surface area (Å²) in [6, 6.07) is 0. The van der Waals surface area contributed by atoms with Crippen LogP contribution in [-0.2, 0) is 11.4 Å². The predicted octanol–water partition coefficient (Wildman–Crippen LogP) is 1.26. The molecule has 1 rings (SSSR count). The standard InChI is InChI=1S/C8H17NOS/c1-7-4-5-9(11(3)10)6-8(7)2/h7-8H,4-6H2,1-3H3. The molecule has 3 heteroatoms. The summed E-state index contributed by atoms with van der Waals surface area (Å²) in [6.07, 6.45) is 2.96. The minimum Gasteiger partial charge on any atom is -0.598 e. The second-order valence-corrected chi connectivity index (χ2v) is 4.92. The summed E-state index contributed by atoms with van der Waals surface area (Å²) in [7, 11) is 0. The van der Waals surface area contributed by atoms with Gasteiger partial charge in [-0.1, -0.05) is 13.8 Å². The lowest BCUT2D eigenvalue weighted by molar-refractivity contribution is 0.213. The summed E-state index contributed by atoms with van der Waals surface area (Å²) in [5, 5.41) is 0. The zero-order chi connectivity index (χ0) is 8.43. The van der Waals surface area contributed by atoms with Crippen molar-refractivity contribution in [2.24, 2.45) is 11.8 Å². The minimum absolute atomic E-state index is 0.702. The van der Waals surface area contributed by atoms with Crippen LogP contribution in [0.25, 0.3) is 0 Å². The van der Waals surface area contributed by atoms with Crippen LogP contribution in [0.15, 0.2) is 0 Å². The Hall–Kier alpha value is 0.270. The first-order chi connectivity index (χ1) is 5.11. The molecular weight excluding hydrogens is 158 g/mol. The van der Waals surface area contributed by atoms with E-state index in [1.165, 1.54) is 6.42 Å². The van der Waals surface area contributed by atoms with Crippen LogP contribution in [0.2, 0.25) is 0 Å². The normalized spacial score (nSPS) is 37.1. The van der Waals surface area contributed by atoms with Crippen molar-refractivity contribution in [1.82, 2.24) is 4.31 Å². The molecule has 3 atom stereocenters. The molecule has 2 nitrogen and oxygen atoms in total. The summed E-state index contributed by atoms with van der Waals surface area (Å²) in [5.74, 6) is 1.50. The number of hydrogen-bond acceptors (Lipinski definition) is 2. The zero-order valence-corrected chi connectivity index (χ0v) is 8.36. The Kier molecular flexibility index (Phi) is 3.22. The summed E-state index contributed by atoms with van der Waals surface area (Å²) in [6.45, 7) is 6.53. The van der Waals surface area contributed by atoms with Crippen molar-refractivity contribution in [1.29, 1.82) is 0 Å². The Labute approximate surface area is 72.3 Å². The van der Waals surface area contributed by atoms with Crippen LogP contribution in [0.3, 0.4) is 0 Å². The van der Waals surface area contributed by atoms with Crippen LogP contribution in [0.5, 0.6) is 0 Å². The van der Waals surface area contributed by atoms with E-state index in [4.69, 9.17) is 0 Å². The topological polar surface area (TPSA) is 26.3 Å². The average Bonchev–Trinajstić information content (AvgIpc) is 1.94. The molecule has 0 amide bonds. The van der Waals surface area contributed by atoms with Gasteiger partial charge in [0.15, 0.2) is 0 Å². The highest BCUT2D eigenvalue weighted by atomic mass is 32.2. The van der Waals surface area contributed by atoms with Crippen LogP contribution < -0.4 is 0 Å². The number of hydrogen-bond donors (Lipinski definition) is 0. The van der Waals surface area contributed by atoms with Gasteiger partial charge in [0.1, 0.15) is 6.26 Å². The van der Waals surface area contributed by atoms with Crippen molar-refractivity contribution in [2.75, 3.05) is 19.3 Å². The monoisotopic (exact) mass is 175 g/mol. The van der Waals surface area contributed by atoms with Crippen LogP contribution in [0, 0.1) is 11.8 Å². The lowest BCUT2D eigenvalue weighted by Gasteiger charge is -2.33. The number of rotatable bonds is 1. The van der Waals surface area contributed by atoms with Crippen LogP contribution in [0.1, 0.15) is 20.3 Å². The summed E-state index contributed by atoms with van der Waals surface area (Å²) in [5.41, 5.74) is 0. The van der Waals surface area contributed by atoms with Crippen molar-refractivity contribution >= 4 is 11.4 Å². The Morgan fingerprint density at radius 3 is 2.45 bits per heavy atom. The molecule has 0 spiro atoms. The summed E-state index contributed by atoms with van der Waals surface area (Å²) in [4.78, 5) is 0. The molecule has 0 aromatic rings. The third-order valence-corrected chi connectivity index (χ3v) is 3.72. The van der Waals surface area contributed by atoms with E-state index in [9.17, 15) is 4.55 Å². The highest BCUT2D eigenvalue weighted by Gasteiger charge is 2.27. The predicted molar refractivity (Wildman–Crippen MR) is 48.6 cm³/mol. The van der Waals surface area contributed by atoms with Crippen molar-refractivity contribution in [3.8, 4) is 0 Å². The van der Waals surface area contributed by atoms with E-state index in [-0.39, 0.29) is 0 Å². The average molecular weight is 175 g/mol. The van der Waals surface area contributed by atoms with Gasteiger partial charge < -0.3 is 4.55 Å². The van der Waals surface area contributed by atoms with Gasteiger partial charge in [-0.3, -0.25) is 0 Å². The van der Waals surface area contributed by atoms with Gasteiger partial charge in [0.25, 0.3) is 0 Å². The Bertz CT molecular complexity index is 129. The van der Waals surface area contributed by atoms with Gasteiger partial charge in [0.2, 0.25) is 0 Å². The van der Waals surface area contributed by atoms with Gasteiger partial charge in [-0.2, -0.15) is 0 Å². The summed E-state index contributed by atoms with van der Waals surface area (Å²) >= 11 is -0.754. The second kappa shape index (κ2) is 3.78. The van der Waals surface area contributed by atoms with Crippen LogP contribution in [0.4, 0.5) is 0 Å². The molecule has 0 radical (unpaired) electrons. The number of piperidine rings is 1. The van der Waals surface area contributed by atoms with Crippen LogP contribution in [-0.4, -0.2) is 28.2 Å². The lowest BCUT2D eigenvalue weighted by atomic mass is 9.90. The Morgan fingerprint density at radius 1 is 1.36 bits per heavy atom. The van der Waals surface area contributed by atoms with Gasteiger partial charge >= 0.3 is 0 Å². The zero-order valence-electron chi connectivity index (χ0n) is 7.54. The summed E-state index contributed by atoms with van der Waals surface area (Å²) < 4.78 is 13.1. The highest BCUT2D eigenvalue weighted by Crippen LogP contribution is 2.23. The largest absolute Gasteiger partial charge is 0.598 e. The molecule has 0 N–H and O–H groups in total. The second-order valence-electron chi connectivity index (χ2n) is 3.56. The molecule has 1 aliphatic heterocycles. The van der Waals surface area contributed by atoms with Gasteiger partial charge in [0, 0.05) is 24.5 Å². The van der Waals surface area contributed by atoms with Crippen molar-refractivity contribution in [3.63, 3.8) is 0 Å². The fourth-order valence-corrected chi connectivity index (χ4v) is 2.27. The minimum atomic E-state index is -0.754. The van der Waals surface area contributed by atoms with E-state index >= 15 is 0 Å². The van der Waals surface area contributed by atoms with E-state index in [0.29, 0.717) is 5.92 Å². The first kappa shape index (κ1) is 9.36. The first-order valence-electron chi connectivity index (χ1n) is 4.19. The molecule has 3 unspecified atom stereocenters. The fourth-order valence-electron chi connectivity index (χ4n) is 1.46. The van der Waals surface area contributed by atoms with Crippen LogP contribution >= 0.6 is 0 Å². The molecule has 1 saturated heterocycles. The van der Waals surface area contributed by atoms with Gasteiger partial charge in [-0.05, 0) is 18.3 Å². The molecule has 0 bridgehead atoms. The molecule has 11 heavy (non-hydrogen) atoms. The van der Waals surface area contributed by atoms with Crippen molar-refractivity contribution in [3.05, 3.63) is 0 Å². The van der Waals surface area contributed by atoms with E-state index in [2.05, 4.69) is 18.2 Å². The van der Waals surface area contributed by atoms with E-state index in [0.717, 1.165) is 19.0 Å². The third-order valence-electron chi connectivity index (χ3n) is 2.66. The molecule has 0 aliphatic carbocycles. The van der Waals surface area contributed by atoms with E-state index < -0.39 is 11.4 Å². The molecule has 1 aliphatic rings. The maximum Gasteiger partial charge on any atom is 0.115 e. The third kappa shape index (κ3) is 2.36. The van der Waals surface area contributed by atoms with Crippen molar-refractivity contribution in [2.45, 2.75) is 20.3 Å². The quantitative estimate of drug-likeness (QED) is 0.561. The molecule has 66 valence electrons. The first-order valence-corrected chi connectivity index (χ1v) is 5.71. The fraction of sp³-hybridized carbons (Fsp3) is 1.00. The molecule has 0 aromatic carbocycles.